The van der Waals surface area contributed by atoms with Crippen LogP contribution in [0.25, 0.3) is 94.1 Å². The topological polar surface area (TPSA) is 35.1 Å². The summed E-state index contributed by atoms with van der Waals surface area (Å²) in [5.74, 6) is 0.845. The highest BCUT2D eigenvalue weighted by atomic mass is 15.2. The maximum absolute atomic E-state index is 5.38. The molecule has 4 nitrogen and oxygen atoms in total. The molecular weight excluding hydrogens is 560 g/mol. The second kappa shape index (κ2) is 8.80. The molecule has 214 valence electrons. The van der Waals surface area contributed by atoms with Gasteiger partial charge in [0, 0.05) is 16.2 Å². The monoisotopic (exact) mass is 586 g/mol. The second-order valence-electron chi connectivity index (χ2n) is 12.5. The van der Waals surface area contributed by atoms with Crippen molar-refractivity contribution in [1.82, 2.24) is 18.9 Å². The number of fused-ring (bicyclic) bond motifs is 8. The smallest absolute Gasteiger partial charge is 0.221 e. The van der Waals surface area contributed by atoms with Gasteiger partial charge in [-0.1, -0.05) is 91.0 Å². The SMILES string of the molecule is C1=c2ccc3cccc4c(-c5ccc6c7ccccc7n(-c7nc8ccccc8c8nc9ccccc9n78)c6c5)cc(c2c34)CC1. The van der Waals surface area contributed by atoms with E-state index in [9.17, 15) is 0 Å². The largest absolute Gasteiger partial charge is 0.279 e. The molecule has 3 aromatic heterocycles. The van der Waals surface area contributed by atoms with Crippen molar-refractivity contribution in [3.05, 3.63) is 138 Å². The van der Waals surface area contributed by atoms with Crippen LogP contribution in [0.3, 0.4) is 0 Å². The first-order valence-electron chi connectivity index (χ1n) is 16.0. The molecule has 0 bridgehead atoms. The lowest BCUT2D eigenvalue weighted by molar-refractivity contribution is 0.979. The van der Waals surface area contributed by atoms with Gasteiger partial charge in [-0.2, -0.15) is 0 Å². The fraction of sp³-hybridized carbons (Fsp3) is 0.0476. The van der Waals surface area contributed by atoms with Crippen LogP contribution in [-0.2, 0) is 6.42 Å². The number of rotatable bonds is 2. The minimum Gasteiger partial charge on any atom is -0.279 e. The Labute approximate surface area is 263 Å². The molecule has 0 saturated heterocycles. The minimum atomic E-state index is 0.845. The van der Waals surface area contributed by atoms with Crippen molar-refractivity contribution in [2.45, 2.75) is 12.8 Å². The summed E-state index contributed by atoms with van der Waals surface area (Å²) in [5.41, 5.74) is 10.1. The van der Waals surface area contributed by atoms with Crippen LogP contribution in [0.15, 0.2) is 127 Å². The average molecular weight is 587 g/mol. The fourth-order valence-corrected chi connectivity index (χ4v) is 8.11. The van der Waals surface area contributed by atoms with Gasteiger partial charge in [-0.25, -0.2) is 9.97 Å². The fourth-order valence-electron chi connectivity index (χ4n) is 8.11. The van der Waals surface area contributed by atoms with E-state index >= 15 is 0 Å². The van der Waals surface area contributed by atoms with Gasteiger partial charge in [0.25, 0.3) is 0 Å². The van der Waals surface area contributed by atoms with Crippen LogP contribution < -0.4 is 5.22 Å². The van der Waals surface area contributed by atoms with Crippen LogP contribution in [0.5, 0.6) is 0 Å². The Morgan fingerprint density at radius 1 is 0.543 bits per heavy atom. The number of aryl methyl sites for hydroxylation is 1. The lowest BCUT2D eigenvalue weighted by atomic mass is 9.86. The van der Waals surface area contributed by atoms with E-state index in [2.05, 4.69) is 142 Å². The van der Waals surface area contributed by atoms with Crippen molar-refractivity contribution in [3.8, 4) is 17.1 Å². The maximum Gasteiger partial charge on any atom is 0.221 e. The first-order valence-corrected chi connectivity index (χ1v) is 16.0. The average Bonchev–Trinajstić information content (AvgIpc) is 3.66. The zero-order chi connectivity index (χ0) is 29.9. The summed E-state index contributed by atoms with van der Waals surface area (Å²) in [4.78, 5) is 10.5. The number of para-hydroxylation sites is 4. The third-order valence-corrected chi connectivity index (χ3v) is 10.1. The molecule has 1 aliphatic carbocycles. The van der Waals surface area contributed by atoms with Crippen molar-refractivity contribution in [3.63, 3.8) is 0 Å². The Kier molecular flexibility index (Phi) is 4.66. The minimum absolute atomic E-state index is 0.845. The second-order valence-corrected chi connectivity index (χ2v) is 12.5. The maximum atomic E-state index is 5.38. The first kappa shape index (κ1) is 24.3. The Balaban J connectivity index is 1.29. The molecule has 1 aliphatic rings. The number of nitrogens with zero attached hydrogens (tertiary/aromatic N) is 4. The summed E-state index contributed by atoms with van der Waals surface area (Å²) in [6, 6.07) is 46.2. The lowest BCUT2D eigenvalue weighted by Gasteiger charge is -2.18. The van der Waals surface area contributed by atoms with Crippen LogP contribution >= 0.6 is 0 Å². The molecule has 10 aromatic rings. The van der Waals surface area contributed by atoms with Crippen LogP contribution in [0.1, 0.15) is 12.0 Å². The highest BCUT2D eigenvalue weighted by Gasteiger charge is 2.21. The van der Waals surface area contributed by atoms with E-state index in [0.29, 0.717) is 0 Å². The molecule has 46 heavy (non-hydrogen) atoms. The zero-order valence-corrected chi connectivity index (χ0v) is 24.9. The predicted octanol–water partition coefficient (Wildman–Crippen LogP) is 9.55. The van der Waals surface area contributed by atoms with E-state index in [0.717, 1.165) is 57.4 Å². The third-order valence-electron chi connectivity index (χ3n) is 10.1. The zero-order valence-electron chi connectivity index (χ0n) is 24.9. The van der Waals surface area contributed by atoms with Crippen molar-refractivity contribution in [2.75, 3.05) is 0 Å². The summed E-state index contributed by atoms with van der Waals surface area (Å²) in [5, 5.41) is 10.3. The van der Waals surface area contributed by atoms with E-state index in [-0.39, 0.29) is 0 Å². The van der Waals surface area contributed by atoms with Gasteiger partial charge in [0.05, 0.1) is 27.6 Å². The van der Waals surface area contributed by atoms with E-state index in [4.69, 9.17) is 9.97 Å². The molecule has 0 spiro atoms. The van der Waals surface area contributed by atoms with Gasteiger partial charge in [-0.05, 0) is 98.8 Å². The Hall–Kier alpha value is -6.00. The first-order chi connectivity index (χ1) is 22.8. The Morgan fingerprint density at radius 2 is 1.33 bits per heavy atom. The standard InChI is InChI=1S/C42H26N4/c1-3-15-34-32(13-1)41-43-35-16-4-6-18-37(35)46(41)42(44-34)45-36-17-5-2-12-29(36)30-22-21-27(24-38(30)45)33-23-28-11-7-9-25-19-20-26-10-8-14-31(33)40(26)39(25)28/h1-6,8-10,12-24H,7,11H2. The van der Waals surface area contributed by atoms with Crippen LogP contribution in [-0.4, -0.2) is 18.9 Å². The molecule has 0 saturated carbocycles. The third kappa shape index (κ3) is 3.13. The molecule has 0 N–H and O–H groups in total. The van der Waals surface area contributed by atoms with Gasteiger partial charge in [0.2, 0.25) is 5.95 Å². The number of imidazole rings is 1. The number of benzene rings is 7. The molecule has 0 radical (unpaired) electrons. The quantitative estimate of drug-likeness (QED) is 0.202. The Morgan fingerprint density at radius 3 is 2.26 bits per heavy atom. The van der Waals surface area contributed by atoms with Gasteiger partial charge in [0.15, 0.2) is 0 Å². The summed E-state index contributed by atoms with van der Waals surface area (Å²) < 4.78 is 4.59. The molecule has 0 atom stereocenters. The van der Waals surface area contributed by atoms with Crippen LogP contribution in [0.4, 0.5) is 0 Å². The molecule has 7 aromatic carbocycles. The predicted molar refractivity (Wildman–Crippen MR) is 191 cm³/mol. The number of aromatic nitrogens is 4. The van der Waals surface area contributed by atoms with Gasteiger partial charge < -0.3 is 0 Å². The van der Waals surface area contributed by atoms with E-state index < -0.39 is 0 Å². The molecule has 0 aliphatic heterocycles. The number of hydrogen-bond acceptors (Lipinski definition) is 2. The summed E-state index contributed by atoms with van der Waals surface area (Å²) >= 11 is 0. The van der Waals surface area contributed by atoms with Crippen LogP contribution in [0, 0.1) is 0 Å². The van der Waals surface area contributed by atoms with Crippen molar-refractivity contribution < 1.29 is 0 Å². The molecule has 3 heterocycles. The van der Waals surface area contributed by atoms with Gasteiger partial charge in [-0.15, -0.1) is 0 Å². The lowest BCUT2D eigenvalue weighted by Crippen LogP contribution is -2.10. The number of hydrogen-bond donors (Lipinski definition) is 0. The molecule has 4 heteroatoms. The van der Waals surface area contributed by atoms with Crippen molar-refractivity contribution >= 4 is 77.0 Å². The Bertz CT molecular complexity index is 2980. The molecular formula is C42H26N4. The van der Waals surface area contributed by atoms with Gasteiger partial charge in [0.1, 0.15) is 5.65 Å². The normalized spacial score (nSPS) is 13.2. The van der Waals surface area contributed by atoms with Gasteiger partial charge in [-0.3, -0.25) is 8.97 Å². The molecule has 0 unspecified atom stereocenters. The van der Waals surface area contributed by atoms with Crippen LogP contribution in [0.2, 0.25) is 0 Å². The molecule has 0 amide bonds. The van der Waals surface area contributed by atoms with Crippen molar-refractivity contribution in [2.24, 2.45) is 0 Å². The van der Waals surface area contributed by atoms with E-state index in [1.807, 2.05) is 0 Å². The summed E-state index contributed by atoms with van der Waals surface area (Å²) in [7, 11) is 0. The highest BCUT2D eigenvalue weighted by molar-refractivity contribution is 6.18. The highest BCUT2D eigenvalue weighted by Crippen LogP contribution is 2.40. The van der Waals surface area contributed by atoms with Crippen molar-refractivity contribution in [1.29, 1.82) is 0 Å². The van der Waals surface area contributed by atoms with Gasteiger partial charge >= 0.3 is 0 Å². The molecule has 0 fully saturated rings. The summed E-state index contributed by atoms with van der Waals surface area (Å²) in [6.07, 6.45) is 4.55. The van der Waals surface area contributed by atoms with E-state index in [1.54, 1.807) is 0 Å². The van der Waals surface area contributed by atoms with E-state index in [1.165, 1.54) is 54.2 Å². The summed E-state index contributed by atoms with van der Waals surface area (Å²) in [6.45, 7) is 0. The molecule has 11 rings (SSSR count).